The van der Waals surface area contributed by atoms with E-state index in [4.69, 9.17) is 28.9 Å². The number of hydrogen-bond acceptors (Lipinski definition) is 7. The molecule has 3 N–H and O–H groups in total. The molecule has 0 unspecified atom stereocenters. The number of nitrogens with zero attached hydrogens (tertiary/aromatic N) is 4. The maximum atomic E-state index is 14.1. The molecule has 0 aliphatic heterocycles. The molecule has 2 heterocycles. The molecule has 0 aliphatic rings. The second-order valence-corrected chi connectivity index (χ2v) is 11.8. The zero-order chi connectivity index (χ0) is 35.1. The van der Waals surface area contributed by atoms with Gasteiger partial charge in [0.1, 0.15) is 11.4 Å². The minimum atomic E-state index is -4.79. The predicted molar refractivity (Wildman–Crippen MR) is 152 cm³/mol. The number of nitrogens with two attached hydrogens (primary N) is 1. The molecule has 0 fully saturated rings. The summed E-state index contributed by atoms with van der Waals surface area (Å²) in [6, 6.07) is 3.46. The normalized spacial score (nSPS) is 12.0. The molecule has 46 heavy (non-hydrogen) atoms. The summed E-state index contributed by atoms with van der Waals surface area (Å²) in [7, 11) is -3.77. The highest BCUT2D eigenvalue weighted by Gasteiger charge is 2.35. The summed E-state index contributed by atoms with van der Waals surface area (Å²) >= 11 is 11.3. The van der Waals surface area contributed by atoms with Gasteiger partial charge in [0.05, 0.1) is 51.2 Å². The molecule has 0 bridgehead atoms. The van der Waals surface area contributed by atoms with Gasteiger partial charge in [-0.1, -0.05) is 23.2 Å². The first-order valence-electron chi connectivity index (χ1n) is 12.0. The van der Waals surface area contributed by atoms with Crippen LogP contribution in [0.5, 0.6) is 0 Å². The van der Waals surface area contributed by atoms with E-state index in [2.05, 4.69) is 10.2 Å². The van der Waals surface area contributed by atoms with Crippen molar-refractivity contribution in [2.45, 2.75) is 26.2 Å². The van der Waals surface area contributed by atoms with Crippen LogP contribution in [0.25, 0.3) is 11.4 Å². The first-order chi connectivity index (χ1) is 20.9. The number of sulfonamides is 1. The van der Waals surface area contributed by atoms with Crippen molar-refractivity contribution in [3.8, 4) is 11.4 Å². The van der Waals surface area contributed by atoms with Crippen molar-refractivity contribution in [3.05, 3.63) is 101 Å². The number of anilines is 2. The van der Waals surface area contributed by atoms with E-state index < -0.39 is 73.1 Å². The third-order valence-electron chi connectivity index (χ3n) is 5.90. The number of rotatable bonds is 4. The average Bonchev–Trinajstić information content (AvgIpc) is 2.89. The van der Waals surface area contributed by atoms with E-state index in [1.54, 1.807) is 0 Å². The van der Waals surface area contributed by atoms with Gasteiger partial charge in [-0.15, -0.1) is 0 Å². The van der Waals surface area contributed by atoms with Crippen molar-refractivity contribution in [1.82, 2.24) is 19.6 Å². The van der Waals surface area contributed by atoms with Gasteiger partial charge in [-0.2, -0.15) is 45.9 Å². The van der Waals surface area contributed by atoms with Gasteiger partial charge in [0.25, 0.3) is 11.1 Å². The van der Waals surface area contributed by atoms with Crippen LogP contribution in [0.2, 0.25) is 10.0 Å². The Balaban J connectivity index is 0.000000254. The van der Waals surface area contributed by atoms with E-state index in [0.717, 1.165) is 38.3 Å². The molecule has 0 aliphatic carbocycles. The highest BCUT2D eigenvalue weighted by atomic mass is 35.5. The van der Waals surface area contributed by atoms with Gasteiger partial charge in [0.15, 0.2) is 11.6 Å². The van der Waals surface area contributed by atoms with E-state index in [0.29, 0.717) is 27.8 Å². The number of nitrogen functional groups attached to an aromatic ring is 1. The van der Waals surface area contributed by atoms with Crippen LogP contribution in [0.4, 0.5) is 46.5 Å². The lowest BCUT2D eigenvalue weighted by molar-refractivity contribution is -0.139. The molecule has 0 spiro atoms. The Morgan fingerprint density at radius 2 is 1.15 bits per heavy atom. The summed E-state index contributed by atoms with van der Waals surface area (Å²) in [5.41, 5.74) is -1.73. The van der Waals surface area contributed by atoms with Crippen molar-refractivity contribution in [1.29, 1.82) is 0 Å². The standard InChI is InChI=1S/C13H10ClF4N3O3S.C12H8ClF4N3O/c1-6-7(13(16,17)18)5-19-21(12(6)22)11-4-10(20-25(2,23)24)8(14)3-9(11)15;1-5-6(12(15,16)17)4-19-20(11(5)21)10-3-9(18)7(13)2-8(10)14/h3-5,20H,1-2H3;2-4H,18H2,1H3. The molecule has 0 saturated heterocycles. The van der Waals surface area contributed by atoms with E-state index in [1.807, 2.05) is 4.72 Å². The van der Waals surface area contributed by atoms with Gasteiger partial charge < -0.3 is 5.73 Å². The molecule has 2 aromatic heterocycles. The topological polar surface area (TPSA) is 142 Å². The number of hydrogen-bond donors (Lipinski definition) is 2. The molecular weight excluding hydrogens is 703 g/mol. The minimum Gasteiger partial charge on any atom is -0.397 e. The van der Waals surface area contributed by atoms with Crippen molar-refractivity contribution in [2.24, 2.45) is 0 Å². The number of halogens is 10. The Kier molecular flexibility index (Phi) is 10.1. The van der Waals surface area contributed by atoms with Crippen LogP contribution >= 0.6 is 23.2 Å². The van der Waals surface area contributed by atoms with Crippen molar-refractivity contribution >= 4 is 44.6 Å². The molecule has 4 aromatic rings. The summed E-state index contributed by atoms with van der Waals surface area (Å²) in [4.78, 5) is 24.1. The first kappa shape index (κ1) is 36.2. The van der Waals surface area contributed by atoms with Crippen molar-refractivity contribution in [2.75, 3.05) is 16.7 Å². The summed E-state index contributed by atoms with van der Waals surface area (Å²) in [5.74, 6) is -2.00. The third-order valence-corrected chi connectivity index (χ3v) is 7.13. The fraction of sp³-hybridized carbons (Fsp3) is 0.200. The highest BCUT2D eigenvalue weighted by Crippen LogP contribution is 2.32. The monoisotopic (exact) mass is 720 g/mol. The summed E-state index contributed by atoms with van der Waals surface area (Å²) in [5, 5.41) is 6.30. The molecule has 0 radical (unpaired) electrons. The van der Waals surface area contributed by atoms with Crippen molar-refractivity contribution in [3.63, 3.8) is 0 Å². The van der Waals surface area contributed by atoms with E-state index >= 15 is 0 Å². The Morgan fingerprint density at radius 1 is 0.761 bits per heavy atom. The molecular formula is C25H18Cl2F8N6O4S. The Labute approximate surface area is 263 Å². The lowest BCUT2D eigenvalue weighted by Gasteiger charge is -2.14. The maximum absolute atomic E-state index is 14.1. The number of benzene rings is 2. The van der Waals surface area contributed by atoms with Gasteiger partial charge in [-0.3, -0.25) is 14.3 Å². The van der Waals surface area contributed by atoms with Crippen LogP contribution in [0.3, 0.4) is 0 Å². The van der Waals surface area contributed by atoms with E-state index in [1.165, 1.54) is 0 Å². The summed E-state index contributed by atoms with van der Waals surface area (Å²) < 4.78 is 130. The highest BCUT2D eigenvalue weighted by molar-refractivity contribution is 7.92. The van der Waals surface area contributed by atoms with Gasteiger partial charge in [0.2, 0.25) is 10.0 Å². The zero-order valence-corrected chi connectivity index (χ0v) is 25.5. The van der Waals surface area contributed by atoms with Crippen LogP contribution in [0.1, 0.15) is 22.3 Å². The lowest BCUT2D eigenvalue weighted by atomic mass is 10.2. The summed E-state index contributed by atoms with van der Waals surface area (Å²) in [6.45, 7) is 1.91. The predicted octanol–water partition coefficient (Wildman–Crippen LogP) is 5.66. The smallest absolute Gasteiger partial charge is 0.397 e. The number of nitrogens with one attached hydrogen (secondary N) is 1. The third kappa shape index (κ3) is 7.94. The Morgan fingerprint density at radius 3 is 1.54 bits per heavy atom. The second kappa shape index (κ2) is 12.9. The molecule has 10 nitrogen and oxygen atoms in total. The van der Waals surface area contributed by atoms with Crippen LogP contribution in [-0.4, -0.2) is 34.2 Å². The van der Waals surface area contributed by atoms with Gasteiger partial charge in [-0.05, 0) is 38.1 Å². The van der Waals surface area contributed by atoms with Gasteiger partial charge in [0, 0.05) is 11.1 Å². The maximum Gasteiger partial charge on any atom is 0.418 e. The fourth-order valence-electron chi connectivity index (χ4n) is 3.69. The van der Waals surface area contributed by atoms with E-state index in [9.17, 15) is 53.1 Å². The molecule has 2 aromatic carbocycles. The molecule has 248 valence electrons. The Bertz CT molecular complexity index is 2070. The number of alkyl halides is 6. The first-order valence-corrected chi connectivity index (χ1v) is 14.6. The second-order valence-electron chi connectivity index (χ2n) is 9.28. The van der Waals surface area contributed by atoms with Crippen LogP contribution < -0.4 is 21.6 Å². The summed E-state index contributed by atoms with van der Waals surface area (Å²) in [6.07, 6.45) is -7.85. The van der Waals surface area contributed by atoms with Crippen LogP contribution in [0, 0.1) is 25.5 Å². The van der Waals surface area contributed by atoms with Crippen molar-refractivity contribution < 1.29 is 43.5 Å². The lowest BCUT2D eigenvalue weighted by Crippen LogP contribution is -2.28. The zero-order valence-electron chi connectivity index (χ0n) is 23.2. The molecule has 0 atom stereocenters. The quantitative estimate of drug-likeness (QED) is 0.205. The average molecular weight is 721 g/mol. The van der Waals surface area contributed by atoms with Crippen LogP contribution in [-0.2, 0) is 22.4 Å². The molecule has 0 saturated carbocycles. The molecule has 4 rings (SSSR count). The number of aromatic nitrogens is 4. The molecule has 0 amide bonds. The Hall–Kier alpha value is -4.23. The van der Waals surface area contributed by atoms with Gasteiger partial charge in [-0.25, -0.2) is 17.2 Å². The van der Waals surface area contributed by atoms with E-state index in [-0.39, 0.29) is 27.1 Å². The largest absolute Gasteiger partial charge is 0.418 e. The SMILES string of the molecule is Cc1c(C(F)(F)F)cnn(-c2cc(N)c(Cl)cc2F)c1=O.Cc1c(C(F)(F)F)cnn(-c2cc(NS(C)(=O)=O)c(Cl)cc2F)c1=O. The molecule has 21 heteroatoms. The van der Waals surface area contributed by atoms with Gasteiger partial charge >= 0.3 is 12.4 Å². The fourth-order valence-corrected chi connectivity index (χ4v) is 4.66. The minimum absolute atomic E-state index is 0.0284. The van der Waals surface area contributed by atoms with Crippen LogP contribution in [0.15, 0.2) is 46.2 Å².